The van der Waals surface area contributed by atoms with Crippen molar-refractivity contribution in [3.63, 3.8) is 0 Å². The molecule has 0 saturated carbocycles. The molecule has 0 aliphatic carbocycles. The first-order chi connectivity index (χ1) is 13.4. The van der Waals surface area contributed by atoms with Crippen molar-refractivity contribution in [2.75, 3.05) is 44.7 Å². The van der Waals surface area contributed by atoms with E-state index in [2.05, 4.69) is 14.5 Å². The van der Waals surface area contributed by atoms with Crippen LogP contribution < -0.4 is 20.1 Å². The lowest BCUT2D eigenvalue weighted by atomic mass is 10.1. The lowest BCUT2D eigenvalue weighted by Gasteiger charge is -2.37. The number of rotatable bonds is 6. The first-order valence-corrected chi connectivity index (χ1v) is 9.08. The van der Waals surface area contributed by atoms with Gasteiger partial charge in [-0.2, -0.15) is 0 Å². The molecule has 2 N–H and O–H groups in total. The number of hydrogen-bond acceptors (Lipinski definition) is 5. The van der Waals surface area contributed by atoms with E-state index in [-0.39, 0.29) is 5.75 Å². The van der Waals surface area contributed by atoms with Crippen LogP contribution in [0, 0.1) is 0 Å². The summed E-state index contributed by atoms with van der Waals surface area (Å²) in [5.41, 5.74) is 7.61. The molecule has 2 aromatic rings. The Morgan fingerprint density at radius 2 is 1.57 bits per heavy atom. The van der Waals surface area contributed by atoms with Gasteiger partial charge in [0.1, 0.15) is 11.5 Å². The second-order valence-corrected chi connectivity index (χ2v) is 6.65. The monoisotopic (exact) mass is 395 g/mol. The fourth-order valence-electron chi connectivity index (χ4n) is 3.44. The van der Waals surface area contributed by atoms with Gasteiger partial charge in [0.15, 0.2) is 0 Å². The van der Waals surface area contributed by atoms with Gasteiger partial charge in [0.25, 0.3) is 0 Å². The van der Waals surface area contributed by atoms with Crippen LogP contribution in [0.25, 0.3) is 0 Å². The average molecular weight is 395 g/mol. The average Bonchev–Trinajstić information content (AvgIpc) is 2.67. The van der Waals surface area contributed by atoms with Gasteiger partial charge in [-0.05, 0) is 18.2 Å². The highest BCUT2D eigenvalue weighted by molar-refractivity contribution is 5.58. The van der Waals surface area contributed by atoms with Crippen LogP contribution in [0.4, 0.5) is 18.9 Å². The Morgan fingerprint density at radius 3 is 2.21 bits per heavy atom. The van der Waals surface area contributed by atoms with Crippen LogP contribution >= 0.6 is 0 Å². The third-order valence-electron chi connectivity index (χ3n) is 4.80. The highest BCUT2D eigenvalue weighted by Crippen LogP contribution is 2.31. The van der Waals surface area contributed by atoms with Crippen LogP contribution in [0.15, 0.2) is 48.5 Å². The number of ether oxygens (including phenoxy) is 2. The summed E-state index contributed by atoms with van der Waals surface area (Å²) in [5.74, 6) is 0.584. The van der Waals surface area contributed by atoms with Gasteiger partial charge >= 0.3 is 6.36 Å². The maximum atomic E-state index is 12.6. The molecule has 0 amide bonds. The predicted octanol–water partition coefficient (Wildman–Crippen LogP) is 3.42. The van der Waals surface area contributed by atoms with E-state index in [4.69, 9.17) is 10.5 Å². The van der Waals surface area contributed by atoms with Gasteiger partial charge in [-0.15, -0.1) is 13.2 Å². The summed E-state index contributed by atoms with van der Waals surface area (Å²) in [4.78, 5) is 4.39. The summed E-state index contributed by atoms with van der Waals surface area (Å²) >= 11 is 0. The summed E-state index contributed by atoms with van der Waals surface area (Å²) < 4.78 is 47.4. The molecule has 1 saturated heterocycles. The number of hydrogen-bond donors (Lipinski definition) is 1. The van der Waals surface area contributed by atoms with E-state index in [0.717, 1.165) is 37.6 Å². The summed E-state index contributed by atoms with van der Waals surface area (Å²) in [6, 6.07) is 13.3. The zero-order valence-electron chi connectivity index (χ0n) is 15.7. The highest BCUT2D eigenvalue weighted by atomic mass is 19.4. The molecule has 3 rings (SSSR count). The standard InChI is InChI=1S/C20H24F3N3O2/c1-27-19-9-5-3-7-17(19)26-12-10-25(11-13-26)14-16(24)15-6-2-4-8-18(15)28-20(21,22)23/h2-9,16H,10-14,24H2,1H3. The quantitative estimate of drug-likeness (QED) is 0.812. The predicted molar refractivity (Wildman–Crippen MR) is 102 cm³/mol. The number of nitrogens with two attached hydrogens (primary N) is 1. The van der Waals surface area contributed by atoms with Crippen LogP contribution in [0.2, 0.25) is 0 Å². The summed E-state index contributed by atoms with van der Waals surface area (Å²) in [5, 5.41) is 0. The van der Waals surface area contributed by atoms with Gasteiger partial charge in [0.2, 0.25) is 0 Å². The van der Waals surface area contributed by atoms with E-state index in [1.165, 1.54) is 12.1 Å². The zero-order valence-corrected chi connectivity index (χ0v) is 15.7. The van der Waals surface area contributed by atoms with Crippen molar-refractivity contribution in [1.82, 2.24) is 4.90 Å². The van der Waals surface area contributed by atoms with Crippen LogP contribution in [0.5, 0.6) is 11.5 Å². The molecule has 2 aromatic carbocycles. The summed E-state index contributed by atoms with van der Waals surface area (Å²) in [6.07, 6.45) is -4.74. The highest BCUT2D eigenvalue weighted by Gasteiger charge is 2.33. The lowest BCUT2D eigenvalue weighted by molar-refractivity contribution is -0.275. The van der Waals surface area contributed by atoms with E-state index < -0.39 is 12.4 Å². The first-order valence-electron chi connectivity index (χ1n) is 9.08. The molecule has 0 spiro atoms. The first kappa shape index (κ1) is 20.3. The minimum atomic E-state index is -4.74. The fraction of sp³-hybridized carbons (Fsp3) is 0.400. The number of piperazine rings is 1. The molecular formula is C20H24F3N3O2. The van der Waals surface area contributed by atoms with Crippen LogP contribution in [0.3, 0.4) is 0 Å². The van der Waals surface area contributed by atoms with Gasteiger partial charge in [-0.1, -0.05) is 30.3 Å². The number of para-hydroxylation sites is 3. The molecule has 152 valence electrons. The molecule has 5 nitrogen and oxygen atoms in total. The number of methoxy groups -OCH3 is 1. The Morgan fingerprint density at radius 1 is 0.964 bits per heavy atom. The normalized spacial score (nSPS) is 16.7. The molecule has 1 aliphatic rings. The molecule has 0 bridgehead atoms. The van der Waals surface area contributed by atoms with Gasteiger partial charge in [0, 0.05) is 44.3 Å². The Bertz CT molecular complexity index is 777. The lowest BCUT2D eigenvalue weighted by Crippen LogP contribution is -2.48. The van der Waals surface area contributed by atoms with Gasteiger partial charge < -0.3 is 20.1 Å². The Hall–Kier alpha value is -2.45. The maximum Gasteiger partial charge on any atom is 0.573 e. The second-order valence-electron chi connectivity index (χ2n) is 6.65. The van der Waals surface area contributed by atoms with E-state index >= 15 is 0 Å². The smallest absolute Gasteiger partial charge is 0.495 e. The molecule has 1 atom stereocenters. The Kier molecular flexibility index (Phi) is 6.31. The van der Waals surface area contributed by atoms with Crippen molar-refractivity contribution in [2.24, 2.45) is 5.73 Å². The summed E-state index contributed by atoms with van der Waals surface area (Å²) in [6.45, 7) is 3.54. The molecule has 1 aliphatic heterocycles. The largest absolute Gasteiger partial charge is 0.573 e. The summed E-state index contributed by atoms with van der Waals surface area (Å²) in [7, 11) is 1.65. The Balaban J connectivity index is 1.61. The minimum absolute atomic E-state index is 0.241. The molecule has 28 heavy (non-hydrogen) atoms. The van der Waals surface area contributed by atoms with Gasteiger partial charge in [0.05, 0.1) is 12.8 Å². The molecule has 1 heterocycles. The maximum absolute atomic E-state index is 12.6. The fourth-order valence-corrected chi connectivity index (χ4v) is 3.44. The van der Waals surface area contributed by atoms with Crippen molar-refractivity contribution >= 4 is 5.69 Å². The molecule has 1 unspecified atom stereocenters. The molecule has 0 radical (unpaired) electrons. The van der Waals surface area contributed by atoms with Crippen molar-refractivity contribution in [2.45, 2.75) is 12.4 Å². The zero-order chi connectivity index (χ0) is 20.1. The van der Waals surface area contributed by atoms with Crippen molar-refractivity contribution < 1.29 is 22.6 Å². The van der Waals surface area contributed by atoms with Crippen molar-refractivity contribution in [1.29, 1.82) is 0 Å². The van der Waals surface area contributed by atoms with Crippen LogP contribution in [0.1, 0.15) is 11.6 Å². The molecule has 0 aromatic heterocycles. The van der Waals surface area contributed by atoms with Crippen LogP contribution in [-0.4, -0.2) is 51.1 Å². The van der Waals surface area contributed by atoms with Crippen LogP contribution in [-0.2, 0) is 0 Å². The van der Waals surface area contributed by atoms with Crippen molar-refractivity contribution in [3.8, 4) is 11.5 Å². The number of alkyl halides is 3. The minimum Gasteiger partial charge on any atom is -0.495 e. The Labute approximate surface area is 162 Å². The van der Waals surface area contributed by atoms with Crippen molar-refractivity contribution in [3.05, 3.63) is 54.1 Å². The number of nitrogens with zero attached hydrogens (tertiary/aromatic N) is 2. The molecule has 8 heteroatoms. The number of anilines is 1. The van der Waals surface area contributed by atoms with E-state index in [0.29, 0.717) is 12.1 Å². The molecular weight excluding hydrogens is 371 g/mol. The molecule has 1 fully saturated rings. The second kappa shape index (κ2) is 8.70. The van der Waals surface area contributed by atoms with Gasteiger partial charge in [-0.3, -0.25) is 4.90 Å². The van der Waals surface area contributed by atoms with E-state index in [1.54, 1.807) is 19.2 Å². The van der Waals surface area contributed by atoms with E-state index in [1.807, 2.05) is 24.3 Å². The third kappa shape index (κ3) is 5.08. The van der Waals surface area contributed by atoms with Gasteiger partial charge in [-0.25, -0.2) is 0 Å². The SMILES string of the molecule is COc1ccccc1N1CCN(CC(N)c2ccccc2OC(F)(F)F)CC1. The third-order valence-corrected chi connectivity index (χ3v) is 4.80. The van der Waals surface area contributed by atoms with E-state index in [9.17, 15) is 13.2 Å². The topological polar surface area (TPSA) is 51.0 Å². The number of benzene rings is 2. The number of halogens is 3.